The van der Waals surface area contributed by atoms with Crippen LogP contribution in [0.25, 0.3) is 11.0 Å². The SMILES string of the molecule is CCc1ccc2c(CN[C@@H](C)c3ccc(S(C)(=O)=O)cc3)cc(=O)oc2c1. The summed E-state index contributed by atoms with van der Waals surface area (Å²) in [4.78, 5) is 12.2. The summed E-state index contributed by atoms with van der Waals surface area (Å²) in [5.41, 5.74) is 3.21. The van der Waals surface area contributed by atoms with Gasteiger partial charge in [0.1, 0.15) is 5.58 Å². The monoisotopic (exact) mass is 385 g/mol. The number of rotatable bonds is 6. The summed E-state index contributed by atoms with van der Waals surface area (Å²) >= 11 is 0. The second kappa shape index (κ2) is 7.66. The van der Waals surface area contributed by atoms with E-state index in [0.717, 1.165) is 28.5 Å². The molecule has 142 valence electrons. The Hall–Kier alpha value is -2.44. The lowest BCUT2D eigenvalue weighted by Gasteiger charge is -2.15. The molecule has 3 aromatic rings. The Balaban J connectivity index is 1.81. The van der Waals surface area contributed by atoms with E-state index < -0.39 is 9.84 Å². The molecule has 0 amide bonds. The summed E-state index contributed by atoms with van der Waals surface area (Å²) in [6.07, 6.45) is 2.07. The Kier molecular flexibility index (Phi) is 5.48. The number of sulfone groups is 1. The standard InChI is InChI=1S/C21H23NO4S/c1-4-15-5-10-19-17(12-21(23)26-20(19)11-15)13-22-14(2)16-6-8-18(9-7-16)27(3,24)25/h5-12,14,22H,4,13H2,1-3H3/t14-/m0/s1. The van der Waals surface area contributed by atoms with Crippen LogP contribution in [-0.2, 0) is 22.8 Å². The van der Waals surface area contributed by atoms with E-state index in [1.54, 1.807) is 24.3 Å². The summed E-state index contributed by atoms with van der Waals surface area (Å²) in [5.74, 6) is 0. The zero-order valence-corrected chi connectivity index (χ0v) is 16.5. The summed E-state index contributed by atoms with van der Waals surface area (Å²) in [5, 5.41) is 4.31. The van der Waals surface area contributed by atoms with Gasteiger partial charge in [-0.15, -0.1) is 0 Å². The maximum absolute atomic E-state index is 11.9. The van der Waals surface area contributed by atoms with Crippen molar-refractivity contribution in [3.63, 3.8) is 0 Å². The van der Waals surface area contributed by atoms with Gasteiger partial charge in [-0.05, 0) is 48.2 Å². The van der Waals surface area contributed by atoms with Gasteiger partial charge in [0.25, 0.3) is 0 Å². The minimum absolute atomic E-state index is 0.00387. The summed E-state index contributed by atoms with van der Waals surface area (Å²) < 4.78 is 28.5. The largest absolute Gasteiger partial charge is 0.423 e. The zero-order valence-electron chi connectivity index (χ0n) is 15.7. The van der Waals surface area contributed by atoms with E-state index in [0.29, 0.717) is 17.0 Å². The van der Waals surface area contributed by atoms with Crippen LogP contribution in [-0.4, -0.2) is 14.7 Å². The van der Waals surface area contributed by atoms with E-state index in [-0.39, 0.29) is 11.7 Å². The third-order valence-corrected chi connectivity index (χ3v) is 5.84. The molecule has 0 fully saturated rings. The van der Waals surface area contributed by atoms with Crippen molar-refractivity contribution in [1.29, 1.82) is 0 Å². The van der Waals surface area contributed by atoms with E-state index in [1.807, 2.05) is 25.1 Å². The van der Waals surface area contributed by atoms with Gasteiger partial charge in [-0.3, -0.25) is 0 Å². The summed E-state index contributed by atoms with van der Waals surface area (Å²) in [7, 11) is -3.20. The molecule has 0 aliphatic heterocycles. The highest BCUT2D eigenvalue weighted by molar-refractivity contribution is 7.90. The zero-order chi connectivity index (χ0) is 19.6. The molecule has 1 aromatic heterocycles. The molecule has 0 aliphatic carbocycles. The number of benzene rings is 2. The van der Waals surface area contributed by atoms with Gasteiger partial charge in [0.15, 0.2) is 9.84 Å². The van der Waals surface area contributed by atoms with E-state index in [9.17, 15) is 13.2 Å². The van der Waals surface area contributed by atoms with Crippen molar-refractivity contribution >= 4 is 20.8 Å². The molecule has 1 atom stereocenters. The van der Waals surface area contributed by atoms with Crippen molar-refractivity contribution in [1.82, 2.24) is 5.32 Å². The van der Waals surface area contributed by atoms with Crippen molar-refractivity contribution in [3.8, 4) is 0 Å². The number of hydrogen-bond donors (Lipinski definition) is 1. The highest BCUT2D eigenvalue weighted by atomic mass is 32.2. The molecule has 0 saturated heterocycles. The molecule has 0 aliphatic rings. The third-order valence-electron chi connectivity index (χ3n) is 4.71. The van der Waals surface area contributed by atoms with E-state index >= 15 is 0 Å². The first-order valence-electron chi connectivity index (χ1n) is 8.87. The quantitative estimate of drug-likeness (QED) is 0.656. The van der Waals surface area contributed by atoms with Gasteiger partial charge in [0, 0.05) is 30.3 Å². The van der Waals surface area contributed by atoms with Crippen molar-refractivity contribution in [2.24, 2.45) is 0 Å². The molecule has 0 radical (unpaired) electrons. The molecule has 2 aromatic carbocycles. The van der Waals surface area contributed by atoms with Crippen LogP contribution >= 0.6 is 0 Å². The fourth-order valence-corrected chi connectivity index (χ4v) is 3.66. The average Bonchev–Trinajstić information content (AvgIpc) is 2.64. The minimum atomic E-state index is -3.20. The van der Waals surface area contributed by atoms with Crippen LogP contribution in [0, 0.1) is 0 Å². The molecule has 1 N–H and O–H groups in total. The number of nitrogens with one attached hydrogen (secondary N) is 1. The molecule has 27 heavy (non-hydrogen) atoms. The lowest BCUT2D eigenvalue weighted by atomic mass is 10.0. The smallest absolute Gasteiger partial charge is 0.336 e. The normalized spacial score (nSPS) is 13.0. The van der Waals surface area contributed by atoms with Crippen LogP contribution in [0.4, 0.5) is 0 Å². The van der Waals surface area contributed by atoms with Crippen LogP contribution in [0.3, 0.4) is 0 Å². The van der Waals surface area contributed by atoms with Gasteiger partial charge in [0.05, 0.1) is 4.90 Å². The predicted octanol–water partition coefficient (Wildman–Crippen LogP) is 3.61. The lowest BCUT2D eigenvalue weighted by Crippen LogP contribution is -2.19. The van der Waals surface area contributed by atoms with Crippen LogP contribution < -0.4 is 10.9 Å². The fraction of sp³-hybridized carbons (Fsp3) is 0.286. The van der Waals surface area contributed by atoms with Gasteiger partial charge in [0.2, 0.25) is 0 Å². The number of hydrogen-bond acceptors (Lipinski definition) is 5. The molecular weight excluding hydrogens is 362 g/mol. The van der Waals surface area contributed by atoms with Gasteiger partial charge >= 0.3 is 5.63 Å². The second-order valence-corrected chi connectivity index (χ2v) is 8.73. The predicted molar refractivity (Wildman–Crippen MR) is 107 cm³/mol. The highest BCUT2D eigenvalue weighted by Gasteiger charge is 2.11. The summed E-state index contributed by atoms with van der Waals surface area (Å²) in [6, 6.07) is 14.3. The molecule has 3 rings (SSSR count). The number of aryl methyl sites for hydroxylation is 1. The van der Waals surface area contributed by atoms with Crippen molar-refractivity contribution in [2.45, 2.75) is 37.8 Å². The molecule has 0 unspecified atom stereocenters. The lowest BCUT2D eigenvalue weighted by molar-refractivity contribution is 0.547. The first kappa shape index (κ1) is 19.3. The Morgan fingerprint density at radius 2 is 1.78 bits per heavy atom. The molecule has 0 bridgehead atoms. The Morgan fingerprint density at radius 1 is 1.07 bits per heavy atom. The topological polar surface area (TPSA) is 76.4 Å². The van der Waals surface area contributed by atoms with Gasteiger partial charge in [-0.25, -0.2) is 13.2 Å². The highest BCUT2D eigenvalue weighted by Crippen LogP contribution is 2.21. The molecule has 5 nitrogen and oxygen atoms in total. The minimum Gasteiger partial charge on any atom is -0.423 e. The average molecular weight is 385 g/mol. The maximum Gasteiger partial charge on any atom is 0.336 e. The van der Waals surface area contributed by atoms with E-state index in [2.05, 4.69) is 12.2 Å². The maximum atomic E-state index is 11.9. The van der Waals surface area contributed by atoms with Gasteiger partial charge in [-0.1, -0.05) is 31.2 Å². The van der Waals surface area contributed by atoms with E-state index in [4.69, 9.17) is 4.42 Å². The Morgan fingerprint density at radius 3 is 2.41 bits per heavy atom. The van der Waals surface area contributed by atoms with Crippen LogP contribution in [0.2, 0.25) is 0 Å². The molecular formula is C21H23NO4S. The van der Waals surface area contributed by atoms with Gasteiger partial charge in [-0.2, -0.15) is 0 Å². The van der Waals surface area contributed by atoms with Crippen molar-refractivity contribution < 1.29 is 12.8 Å². The fourth-order valence-electron chi connectivity index (χ4n) is 3.03. The molecule has 1 heterocycles. The van der Waals surface area contributed by atoms with Gasteiger partial charge < -0.3 is 9.73 Å². The Bertz CT molecular complexity index is 1120. The second-order valence-electron chi connectivity index (χ2n) is 6.72. The third kappa shape index (κ3) is 4.46. The van der Waals surface area contributed by atoms with Crippen LogP contribution in [0.1, 0.15) is 36.6 Å². The van der Waals surface area contributed by atoms with Crippen LogP contribution in [0.5, 0.6) is 0 Å². The Labute approximate surface area is 159 Å². The first-order valence-corrected chi connectivity index (χ1v) is 10.8. The molecule has 0 spiro atoms. The van der Waals surface area contributed by atoms with Crippen LogP contribution in [0.15, 0.2) is 62.6 Å². The number of fused-ring (bicyclic) bond motifs is 1. The molecule has 6 heteroatoms. The molecule has 0 saturated carbocycles. The summed E-state index contributed by atoms with van der Waals surface area (Å²) in [6.45, 7) is 4.56. The first-order chi connectivity index (χ1) is 12.8. The van der Waals surface area contributed by atoms with E-state index in [1.165, 1.54) is 12.3 Å². The van der Waals surface area contributed by atoms with Crippen molar-refractivity contribution in [2.75, 3.05) is 6.26 Å². The van der Waals surface area contributed by atoms with Crippen molar-refractivity contribution in [3.05, 3.63) is 75.6 Å².